The molecule has 0 aliphatic rings. The lowest BCUT2D eigenvalue weighted by atomic mass is 10.2. The van der Waals surface area contributed by atoms with Crippen LogP contribution in [0.15, 0.2) is 57.1 Å². The fourth-order valence-electron chi connectivity index (χ4n) is 2.13. The number of aryl methyl sites for hydroxylation is 1. The van der Waals surface area contributed by atoms with Crippen molar-refractivity contribution in [2.24, 2.45) is 0 Å². The predicted molar refractivity (Wildman–Crippen MR) is 86.5 cm³/mol. The van der Waals surface area contributed by atoms with Crippen LogP contribution in [0.4, 0.5) is 0 Å². The van der Waals surface area contributed by atoms with Gasteiger partial charge in [-0.2, -0.15) is 0 Å². The maximum atomic E-state index is 12.2. The van der Waals surface area contributed by atoms with E-state index in [0.717, 1.165) is 10.5 Å². The molecule has 1 heterocycles. The molecule has 3 aromatic rings. The largest absolute Gasteiger partial charge is 0.506 e. The molecule has 3 nitrogen and oxygen atoms in total. The van der Waals surface area contributed by atoms with Crippen LogP contribution in [0.3, 0.4) is 0 Å². The van der Waals surface area contributed by atoms with Crippen molar-refractivity contribution in [3.63, 3.8) is 0 Å². The summed E-state index contributed by atoms with van der Waals surface area (Å²) in [5, 5.41) is 11.5. The number of pyridine rings is 1. The van der Waals surface area contributed by atoms with Crippen LogP contribution < -0.4 is 5.56 Å². The number of benzene rings is 2. The number of nitrogens with one attached hydrogen (secondary N) is 1. The summed E-state index contributed by atoms with van der Waals surface area (Å²) in [7, 11) is 0. The summed E-state index contributed by atoms with van der Waals surface area (Å²) < 4.78 is 0. The molecule has 0 unspecified atom stereocenters. The smallest absolute Gasteiger partial charge is 0.266 e. The van der Waals surface area contributed by atoms with E-state index in [0.29, 0.717) is 15.9 Å². The van der Waals surface area contributed by atoms with Gasteiger partial charge < -0.3 is 10.1 Å². The van der Waals surface area contributed by atoms with E-state index in [1.807, 2.05) is 31.2 Å². The highest BCUT2D eigenvalue weighted by atomic mass is 35.5. The molecule has 1 aromatic heterocycles. The fourth-order valence-corrected chi connectivity index (χ4v) is 3.28. The van der Waals surface area contributed by atoms with E-state index >= 15 is 0 Å². The lowest BCUT2D eigenvalue weighted by molar-refractivity contribution is 0.467. The summed E-state index contributed by atoms with van der Waals surface area (Å²) in [6.07, 6.45) is 0. The second-order valence-electron chi connectivity index (χ2n) is 4.74. The average molecular weight is 318 g/mol. The fraction of sp³-hybridized carbons (Fsp3) is 0.0625. The molecular formula is C16H12ClNO2S. The van der Waals surface area contributed by atoms with Crippen molar-refractivity contribution in [3.05, 3.63) is 63.4 Å². The third kappa shape index (κ3) is 2.77. The van der Waals surface area contributed by atoms with Crippen LogP contribution >= 0.6 is 23.4 Å². The molecule has 0 atom stereocenters. The maximum Gasteiger partial charge on any atom is 0.266 e. The Kier molecular flexibility index (Phi) is 3.66. The molecule has 2 aromatic carbocycles. The predicted octanol–water partition coefficient (Wildman–Crippen LogP) is 4.35. The Hall–Kier alpha value is -1.91. The van der Waals surface area contributed by atoms with Gasteiger partial charge in [-0.15, -0.1) is 0 Å². The molecule has 5 heteroatoms. The first-order valence-electron chi connectivity index (χ1n) is 6.33. The summed E-state index contributed by atoms with van der Waals surface area (Å²) in [6, 6.07) is 12.8. The van der Waals surface area contributed by atoms with Gasteiger partial charge in [-0.05, 0) is 37.3 Å². The van der Waals surface area contributed by atoms with Crippen LogP contribution in [0, 0.1) is 6.92 Å². The zero-order valence-electron chi connectivity index (χ0n) is 11.2. The van der Waals surface area contributed by atoms with Crippen LogP contribution in [0.2, 0.25) is 5.02 Å². The van der Waals surface area contributed by atoms with Gasteiger partial charge in [0.05, 0.1) is 5.52 Å². The minimum absolute atomic E-state index is 0.0167. The number of rotatable bonds is 2. The van der Waals surface area contributed by atoms with Gasteiger partial charge in [0.2, 0.25) is 0 Å². The van der Waals surface area contributed by atoms with Crippen molar-refractivity contribution in [2.45, 2.75) is 16.7 Å². The molecule has 21 heavy (non-hydrogen) atoms. The van der Waals surface area contributed by atoms with E-state index in [1.54, 1.807) is 18.2 Å². The van der Waals surface area contributed by atoms with Crippen LogP contribution in [0.25, 0.3) is 10.9 Å². The third-order valence-corrected chi connectivity index (χ3v) is 4.42. The number of aromatic nitrogens is 1. The van der Waals surface area contributed by atoms with Crippen LogP contribution in [0.5, 0.6) is 5.75 Å². The molecule has 0 aliphatic carbocycles. The van der Waals surface area contributed by atoms with E-state index in [4.69, 9.17) is 11.6 Å². The molecular weight excluding hydrogens is 306 g/mol. The molecule has 0 fully saturated rings. The Morgan fingerprint density at radius 2 is 2.00 bits per heavy atom. The Balaban J connectivity index is 2.15. The lowest BCUT2D eigenvalue weighted by Gasteiger charge is -2.08. The van der Waals surface area contributed by atoms with E-state index in [2.05, 4.69) is 4.98 Å². The molecule has 0 saturated carbocycles. The molecule has 0 radical (unpaired) electrons. The monoisotopic (exact) mass is 317 g/mol. The minimum atomic E-state index is -0.325. The van der Waals surface area contributed by atoms with Gasteiger partial charge in [0, 0.05) is 15.3 Å². The third-order valence-electron chi connectivity index (χ3n) is 3.12. The van der Waals surface area contributed by atoms with Crippen molar-refractivity contribution in [2.75, 3.05) is 0 Å². The molecule has 2 N–H and O–H groups in total. The first-order valence-corrected chi connectivity index (χ1v) is 7.53. The molecule has 0 spiro atoms. The van der Waals surface area contributed by atoms with Gasteiger partial charge >= 0.3 is 0 Å². The second-order valence-corrected chi connectivity index (χ2v) is 6.26. The standard InChI is InChI=1S/C16H12ClNO2S/c1-9-3-2-4-11(7-9)21-15-14(19)12-6-5-10(17)8-13(12)18-16(15)20/h2-8H,1H3,(H2,18,19,20). The first kappa shape index (κ1) is 14.0. The molecule has 0 saturated heterocycles. The number of halogens is 1. The number of hydrogen-bond acceptors (Lipinski definition) is 3. The van der Waals surface area contributed by atoms with Crippen molar-refractivity contribution < 1.29 is 5.11 Å². The highest BCUT2D eigenvalue weighted by Gasteiger charge is 2.13. The quantitative estimate of drug-likeness (QED) is 0.739. The Morgan fingerprint density at radius 3 is 2.76 bits per heavy atom. The van der Waals surface area contributed by atoms with Crippen LogP contribution in [-0.2, 0) is 0 Å². The highest BCUT2D eigenvalue weighted by Crippen LogP contribution is 2.36. The van der Waals surface area contributed by atoms with E-state index in [9.17, 15) is 9.90 Å². The number of fused-ring (bicyclic) bond motifs is 1. The molecule has 0 bridgehead atoms. The summed E-state index contributed by atoms with van der Waals surface area (Å²) >= 11 is 7.15. The minimum Gasteiger partial charge on any atom is -0.506 e. The second kappa shape index (κ2) is 5.47. The van der Waals surface area contributed by atoms with Gasteiger partial charge in [0.25, 0.3) is 5.56 Å². The summed E-state index contributed by atoms with van der Waals surface area (Å²) in [5.74, 6) is -0.0167. The van der Waals surface area contributed by atoms with Crippen LogP contribution in [-0.4, -0.2) is 10.1 Å². The molecule has 3 rings (SSSR count). The van der Waals surface area contributed by atoms with E-state index < -0.39 is 0 Å². The lowest BCUT2D eigenvalue weighted by Crippen LogP contribution is -2.08. The van der Waals surface area contributed by atoms with Gasteiger partial charge in [-0.3, -0.25) is 4.79 Å². The van der Waals surface area contributed by atoms with Crippen LogP contribution in [0.1, 0.15) is 5.56 Å². The molecule has 0 aliphatic heterocycles. The topological polar surface area (TPSA) is 53.1 Å². The van der Waals surface area contributed by atoms with E-state index in [1.165, 1.54) is 11.8 Å². The Bertz CT molecular complexity index is 889. The normalized spacial score (nSPS) is 11.0. The Morgan fingerprint density at radius 1 is 1.19 bits per heavy atom. The Labute approximate surface area is 130 Å². The average Bonchev–Trinajstić information content (AvgIpc) is 2.43. The zero-order chi connectivity index (χ0) is 15.0. The van der Waals surface area contributed by atoms with Crippen molar-refractivity contribution in [1.82, 2.24) is 4.98 Å². The van der Waals surface area contributed by atoms with Gasteiger partial charge in [0.15, 0.2) is 0 Å². The highest BCUT2D eigenvalue weighted by molar-refractivity contribution is 7.99. The number of hydrogen-bond donors (Lipinski definition) is 2. The zero-order valence-corrected chi connectivity index (χ0v) is 12.8. The van der Waals surface area contributed by atoms with Crippen molar-refractivity contribution in [3.8, 4) is 5.75 Å². The number of aromatic amines is 1. The number of H-pyrrole nitrogens is 1. The summed E-state index contributed by atoms with van der Waals surface area (Å²) in [5.41, 5.74) is 1.30. The maximum absolute atomic E-state index is 12.2. The van der Waals surface area contributed by atoms with E-state index in [-0.39, 0.29) is 16.2 Å². The summed E-state index contributed by atoms with van der Waals surface area (Å²) in [4.78, 5) is 16.1. The van der Waals surface area contributed by atoms with Crippen molar-refractivity contribution >= 4 is 34.3 Å². The molecule has 106 valence electrons. The molecule has 0 amide bonds. The van der Waals surface area contributed by atoms with Crippen molar-refractivity contribution in [1.29, 1.82) is 0 Å². The number of aromatic hydroxyl groups is 1. The summed E-state index contributed by atoms with van der Waals surface area (Å²) in [6.45, 7) is 1.98. The van der Waals surface area contributed by atoms with Gasteiger partial charge in [-0.25, -0.2) is 0 Å². The van der Waals surface area contributed by atoms with Gasteiger partial charge in [0.1, 0.15) is 10.6 Å². The van der Waals surface area contributed by atoms with Gasteiger partial charge in [-0.1, -0.05) is 41.1 Å². The SMILES string of the molecule is Cc1cccc(Sc2c(O)c3ccc(Cl)cc3[nH]c2=O)c1. The first-order chi connectivity index (χ1) is 10.0.